The number of ether oxygens (including phenoxy) is 1. The number of esters is 1. The Morgan fingerprint density at radius 2 is 2.04 bits per heavy atom. The zero-order chi connectivity index (χ0) is 21.1. The molecule has 0 bridgehead atoms. The topological polar surface area (TPSA) is 56.1 Å². The van der Waals surface area contributed by atoms with Crippen LogP contribution in [0.25, 0.3) is 0 Å². The van der Waals surface area contributed by atoms with Crippen LogP contribution in [0.1, 0.15) is 40.7 Å². The van der Waals surface area contributed by atoms with Crippen LogP contribution < -0.4 is 5.32 Å². The van der Waals surface area contributed by atoms with Crippen molar-refractivity contribution in [2.45, 2.75) is 39.9 Å². The number of aryl methyl sites for hydroxylation is 2. The van der Waals surface area contributed by atoms with Crippen LogP contribution in [-0.4, -0.2) is 28.7 Å². The number of nitrogens with one attached hydrogen (secondary N) is 1. The smallest absolute Gasteiger partial charge is 0.435 e. The molecule has 28 heavy (non-hydrogen) atoms. The molecule has 0 atom stereocenters. The molecule has 1 aromatic carbocycles. The quantitative estimate of drug-likeness (QED) is 0.411. The van der Waals surface area contributed by atoms with E-state index in [0.29, 0.717) is 18.0 Å². The first kappa shape index (κ1) is 22.5. The van der Waals surface area contributed by atoms with Crippen LogP contribution in [0.3, 0.4) is 0 Å². The number of carbonyl (C=O) groups is 1. The molecule has 154 valence electrons. The maximum absolute atomic E-state index is 13.2. The van der Waals surface area contributed by atoms with E-state index in [1.54, 1.807) is 0 Å². The van der Waals surface area contributed by atoms with E-state index in [9.17, 15) is 18.0 Å². The van der Waals surface area contributed by atoms with Crippen LogP contribution in [0.5, 0.6) is 0 Å². The van der Waals surface area contributed by atoms with Crippen molar-refractivity contribution in [3.63, 3.8) is 0 Å². The molecule has 0 aliphatic carbocycles. The van der Waals surface area contributed by atoms with Crippen LogP contribution in [0, 0.1) is 13.8 Å². The molecule has 2 rings (SSSR count). The first-order valence-electron chi connectivity index (χ1n) is 8.57. The molecular formula is C18H20BrClF3N3O2. The molecule has 0 fully saturated rings. The number of rotatable bonds is 7. The van der Waals surface area contributed by atoms with E-state index in [4.69, 9.17) is 16.3 Å². The van der Waals surface area contributed by atoms with E-state index in [1.807, 2.05) is 26.0 Å². The molecule has 1 heterocycles. The third-order valence-corrected chi connectivity index (χ3v) is 4.85. The summed E-state index contributed by atoms with van der Waals surface area (Å²) >= 11 is 9.25. The molecule has 0 spiro atoms. The summed E-state index contributed by atoms with van der Waals surface area (Å²) in [4.78, 5) is 15.6. The maximum atomic E-state index is 13.2. The van der Waals surface area contributed by atoms with Gasteiger partial charge in [-0.3, -0.25) is 0 Å². The number of hydrogen-bond acceptors (Lipinski definition) is 4. The summed E-state index contributed by atoms with van der Waals surface area (Å²) in [5.74, 6) is -1.06. The minimum Gasteiger partial charge on any atom is -0.461 e. The number of carbonyl (C=O) groups excluding carboxylic acids is 1. The number of anilines is 1. The standard InChI is InChI=1S/C18H20BrClF3N3O2/c1-4-28-16(27)14-15(18(21,22)23)25-17(19)26(14)7-5-6-24-13-11(3)8-10(2)9-12(13)20/h8-9,24H,4-7H2,1-3H3. The van der Waals surface area contributed by atoms with Crippen LogP contribution in [0.4, 0.5) is 18.9 Å². The molecule has 10 heteroatoms. The number of halogens is 5. The molecule has 0 saturated heterocycles. The predicted molar refractivity (Wildman–Crippen MR) is 105 cm³/mol. The third kappa shape index (κ3) is 5.20. The van der Waals surface area contributed by atoms with Crippen LogP contribution in [0.2, 0.25) is 5.02 Å². The first-order valence-corrected chi connectivity index (χ1v) is 9.74. The molecule has 0 radical (unpaired) electrons. The van der Waals surface area contributed by atoms with Crippen LogP contribution in [-0.2, 0) is 17.5 Å². The van der Waals surface area contributed by atoms with Crippen molar-refractivity contribution in [1.82, 2.24) is 9.55 Å². The Hall–Kier alpha value is -1.74. The summed E-state index contributed by atoms with van der Waals surface area (Å²) < 4.78 is 45.6. The van der Waals surface area contributed by atoms with Crippen molar-refractivity contribution in [2.24, 2.45) is 0 Å². The van der Waals surface area contributed by atoms with Gasteiger partial charge < -0.3 is 14.6 Å². The Labute approximate surface area is 174 Å². The van der Waals surface area contributed by atoms with Crippen molar-refractivity contribution in [2.75, 3.05) is 18.5 Å². The Bertz CT molecular complexity index is 845. The van der Waals surface area contributed by atoms with Gasteiger partial charge in [-0.05, 0) is 60.3 Å². The molecule has 0 unspecified atom stereocenters. The normalized spacial score (nSPS) is 11.6. The molecule has 2 aromatic rings. The largest absolute Gasteiger partial charge is 0.461 e. The second kappa shape index (κ2) is 9.17. The predicted octanol–water partition coefficient (Wildman–Crippen LogP) is 5.61. The van der Waals surface area contributed by atoms with E-state index in [0.717, 1.165) is 16.8 Å². The SMILES string of the molecule is CCOC(=O)c1c(C(F)(F)F)nc(Br)n1CCCNc1c(C)cc(C)cc1Cl. The molecular weight excluding hydrogens is 463 g/mol. The average molecular weight is 483 g/mol. The average Bonchev–Trinajstić information content (AvgIpc) is 2.90. The number of benzene rings is 1. The zero-order valence-corrected chi connectivity index (χ0v) is 17.9. The minimum absolute atomic E-state index is 0.0360. The molecule has 0 aliphatic heterocycles. The molecule has 0 saturated carbocycles. The van der Waals surface area contributed by atoms with E-state index < -0.39 is 23.5 Å². The summed E-state index contributed by atoms with van der Waals surface area (Å²) in [6.07, 6.45) is -4.33. The Balaban J connectivity index is 2.16. The summed E-state index contributed by atoms with van der Waals surface area (Å²) in [6, 6.07) is 3.81. The number of hydrogen-bond donors (Lipinski definition) is 1. The minimum atomic E-state index is -4.76. The number of nitrogens with zero attached hydrogens (tertiary/aromatic N) is 2. The molecule has 0 amide bonds. The van der Waals surface area contributed by atoms with Gasteiger partial charge in [-0.15, -0.1) is 0 Å². The van der Waals surface area contributed by atoms with Gasteiger partial charge in [-0.2, -0.15) is 13.2 Å². The summed E-state index contributed by atoms with van der Waals surface area (Å²) in [5, 5.41) is 3.77. The third-order valence-electron chi connectivity index (χ3n) is 3.95. The van der Waals surface area contributed by atoms with Crippen LogP contribution in [0.15, 0.2) is 16.9 Å². The number of imidazole rings is 1. The van der Waals surface area contributed by atoms with Crippen molar-refractivity contribution < 1.29 is 22.7 Å². The van der Waals surface area contributed by atoms with Gasteiger partial charge in [0.15, 0.2) is 16.1 Å². The zero-order valence-electron chi connectivity index (χ0n) is 15.6. The van der Waals surface area contributed by atoms with Crippen molar-refractivity contribution in [3.05, 3.63) is 44.4 Å². The monoisotopic (exact) mass is 481 g/mol. The van der Waals surface area contributed by atoms with E-state index in [2.05, 4.69) is 26.2 Å². The van der Waals surface area contributed by atoms with Gasteiger partial charge in [0.2, 0.25) is 0 Å². The van der Waals surface area contributed by atoms with Gasteiger partial charge in [-0.25, -0.2) is 9.78 Å². The van der Waals surface area contributed by atoms with E-state index in [1.165, 1.54) is 11.5 Å². The lowest BCUT2D eigenvalue weighted by molar-refractivity contribution is -0.141. The fraction of sp³-hybridized carbons (Fsp3) is 0.444. The van der Waals surface area contributed by atoms with Crippen molar-refractivity contribution in [3.8, 4) is 0 Å². The van der Waals surface area contributed by atoms with Gasteiger partial charge in [0.1, 0.15) is 0 Å². The van der Waals surface area contributed by atoms with Gasteiger partial charge in [0, 0.05) is 13.1 Å². The maximum Gasteiger partial charge on any atom is 0.435 e. The lowest BCUT2D eigenvalue weighted by atomic mass is 10.1. The van der Waals surface area contributed by atoms with Gasteiger partial charge in [0.05, 0.1) is 17.3 Å². The Morgan fingerprint density at radius 3 is 2.61 bits per heavy atom. The number of aromatic nitrogens is 2. The van der Waals surface area contributed by atoms with Crippen molar-refractivity contribution in [1.29, 1.82) is 0 Å². The second-order valence-corrected chi connectivity index (χ2v) is 7.28. The lowest BCUT2D eigenvalue weighted by Crippen LogP contribution is -2.19. The molecule has 1 N–H and O–H groups in total. The van der Waals surface area contributed by atoms with Crippen LogP contribution >= 0.6 is 27.5 Å². The summed E-state index contributed by atoms with van der Waals surface area (Å²) in [6.45, 7) is 5.92. The van der Waals surface area contributed by atoms with Crippen molar-refractivity contribution >= 4 is 39.2 Å². The molecule has 0 aliphatic rings. The molecule has 1 aromatic heterocycles. The second-order valence-electron chi connectivity index (χ2n) is 6.17. The highest BCUT2D eigenvalue weighted by atomic mass is 79.9. The van der Waals surface area contributed by atoms with Gasteiger partial charge in [0.25, 0.3) is 0 Å². The van der Waals surface area contributed by atoms with Gasteiger partial charge in [-0.1, -0.05) is 17.7 Å². The van der Waals surface area contributed by atoms with E-state index in [-0.39, 0.29) is 17.9 Å². The Morgan fingerprint density at radius 1 is 1.36 bits per heavy atom. The number of alkyl halides is 3. The highest BCUT2D eigenvalue weighted by Gasteiger charge is 2.41. The first-order chi connectivity index (χ1) is 13.1. The highest BCUT2D eigenvalue weighted by molar-refractivity contribution is 9.10. The fourth-order valence-electron chi connectivity index (χ4n) is 2.82. The fourth-order valence-corrected chi connectivity index (χ4v) is 3.74. The Kier molecular flexibility index (Phi) is 7.39. The highest BCUT2D eigenvalue weighted by Crippen LogP contribution is 2.34. The van der Waals surface area contributed by atoms with E-state index >= 15 is 0 Å². The summed E-state index contributed by atoms with van der Waals surface area (Å²) in [5.41, 5.74) is 0.919. The lowest BCUT2D eigenvalue weighted by Gasteiger charge is -2.14. The molecule has 5 nitrogen and oxygen atoms in total. The summed E-state index contributed by atoms with van der Waals surface area (Å²) in [7, 11) is 0. The van der Waals surface area contributed by atoms with Gasteiger partial charge >= 0.3 is 12.1 Å².